The molecule has 0 bridgehead atoms. The monoisotopic (exact) mass is 244 g/mol. The first kappa shape index (κ1) is 11.8. The van der Waals surface area contributed by atoms with Crippen LogP contribution in [0, 0.1) is 10.1 Å². The molecule has 2 aromatic rings. The molecule has 0 aliphatic heterocycles. The van der Waals surface area contributed by atoms with Gasteiger partial charge in [0.25, 0.3) is 0 Å². The Bertz CT molecular complexity index is 557. The van der Waals surface area contributed by atoms with Crippen molar-refractivity contribution < 1.29 is 4.92 Å². The average Bonchev–Trinajstić information content (AvgIpc) is 2.37. The van der Waals surface area contributed by atoms with Gasteiger partial charge >= 0.3 is 5.69 Å². The van der Waals surface area contributed by atoms with E-state index in [1.165, 1.54) is 6.07 Å². The first-order valence-corrected chi connectivity index (χ1v) is 5.34. The molecule has 1 aromatic carbocycles. The fraction of sp³-hybridized carbons (Fsp3) is 0.0833. The van der Waals surface area contributed by atoms with E-state index in [1.54, 1.807) is 24.5 Å². The summed E-state index contributed by atoms with van der Waals surface area (Å²) in [5.41, 5.74) is 7.06. The number of nitrogens with zero attached hydrogens (tertiary/aromatic N) is 2. The fourth-order valence-electron chi connectivity index (χ4n) is 1.61. The van der Waals surface area contributed by atoms with Crippen LogP contribution in [-0.2, 0) is 6.54 Å². The number of nitrogen functional groups attached to an aromatic ring is 1. The van der Waals surface area contributed by atoms with Gasteiger partial charge in [-0.1, -0.05) is 6.07 Å². The van der Waals surface area contributed by atoms with Crippen LogP contribution in [0.3, 0.4) is 0 Å². The minimum atomic E-state index is -0.482. The van der Waals surface area contributed by atoms with Gasteiger partial charge in [0.2, 0.25) is 0 Å². The smallest absolute Gasteiger partial charge is 0.314 e. The van der Waals surface area contributed by atoms with E-state index in [-0.39, 0.29) is 11.4 Å². The lowest BCUT2D eigenvalue weighted by Crippen LogP contribution is -2.04. The first-order valence-electron chi connectivity index (χ1n) is 5.34. The predicted molar refractivity (Wildman–Crippen MR) is 69.1 cm³/mol. The molecule has 0 saturated heterocycles. The molecule has 3 N–H and O–H groups in total. The highest BCUT2D eigenvalue weighted by Crippen LogP contribution is 2.30. The molecule has 0 saturated carbocycles. The number of benzene rings is 1. The zero-order valence-electron chi connectivity index (χ0n) is 9.54. The largest absolute Gasteiger partial charge is 0.393 e. The highest BCUT2D eigenvalue weighted by Gasteiger charge is 2.16. The van der Waals surface area contributed by atoms with Crippen LogP contribution in [0.2, 0.25) is 0 Å². The van der Waals surface area contributed by atoms with Crippen LogP contribution >= 0.6 is 0 Å². The molecule has 1 heterocycles. The maximum absolute atomic E-state index is 10.9. The maximum Gasteiger partial charge on any atom is 0.314 e. The van der Waals surface area contributed by atoms with Gasteiger partial charge in [0.1, 0.15) is 11.4 Å². The van der Waals surface area contributed by atoms with Gasteiger partial charge in [-0.05, 0) is 29.8 Å². The van der Waals surface area contributed by atoms with Crippen LogP contribution in [-0.4, -0.2) is 9.91 Å². The van der Waals surface area contributed by atoms with Crippen molar-refractivity contribution in [2.75, 3.05) is 11.1 Å². The topological polar surface area (TPSA) is 94.1 Å². The lowest BCUT2D eigenvalue weighted by atomic mass is 10.2. The van der Waals surface area contributed by atoms with E-state index in [9.17, 15) is 10.1 Å². The molecule has 0 spiro atoms. The standard InChI is InChI=1S/C12H12N4O2/c13-10-2-1-3-11(12(10)16(17)18)15-8-9-4-6-14-7-5-9/h1-7,15H,8,13H2. The summed E-state index contributed by atoms with van der Waals surface area (Å²) in [5, 5.41) is 13.9. The molecule has 0 aliphatic rings. The van der Waals surface area contributed by atoms with Crippen molar-refractivity contribution in [1.82, 2.24) is 4.98 Å². The van der Waals surface area contributed by atoms with Gasteiger partial charge in [-0.3, -0.25) is 15.1 Å². The third-order valence-corrected chi connectivity index (χ3v) is 2.48. The lowest BCUT2D eigenvalue weighted by Gasteiger charge is -2.08. The Morgan fingerprint density at radius 2 is 2.00 bits per heavy atom. The minimum Gasteiger partial charge on any atom is -0.393 e. The second-order valence-electron chi connectivity index (χ2n) is 3.71. The van der Waals surface area contributed by atoms with Gasteiger partial charge < -0.3 is 11.1 Å². The Balaban J connectivity index is 2.20. The minimum absolute atomic E-state index is 0.0912. The van der Waals surface area contributed by atoms with E-state index in [2.05, 4.69) is 10.3 Å². The highest BCUT2D eigenvalue weighted by molar-refractivity contribution is 5.74. The number of rotatable bonds is 4. The number of nitro benzene ring substituents is 1. The van der Waals surface area contributed by atoms with E-state index in [0.29, 0.717) is 12.2 Å². The Morgan fingerprint density at radius 1 is 1.28 bits per heavy atom. The van der Waals surface area contributed by atoms with E-state index in [0.717, 1.165) is 5.56 Å². The van der Waals surface area contributed by atoms with Crippen molar-refractivity contribution in [2.45, 2.75) is 6.54 Å². The Labute approximate surface area is 104 Å². The summed E-state index contributed by atoms with van der Waals surface area (Å²) in [7, 11) is 0. The molecule has 2 rings (SSSR count). The number of aromatic nitrogens is 1. The zero-order valence-corrected chi connectivity index (χ0v) is 9.54. The van der Waals surface area contributed by atoms with Gasteiger partial charge in [-0.2, -0.15) is 0 Å². The molecular weight excluding hydrogens is 232 g/mol. The van der Waals surface area contributed by atoms with Crippen LogP contribution in [0.4, 0.5) is 17.1 Å². The summed E-state index contributed by atoms with van der Waals surface area (Å²) in [4.78, 5) is 14.4. The molecule has 1 aromatic heterocycles. The maximum atomic E-state index is 10.9. The van der Waals surface area contributed by atoms with Gasteiger partial charge in [0.15, 0.2) is 0 Å². The third kappa shape index (κ3) is 2.54. The first-order chi connectivity index (χ1) is 8.68. The fourth-order valence-corrected chi connectivity index (χ4v) is 1.61. The van der Waals surface area contributed by atoms with Crippen LogP contribution in [0.25, 0.3) is 0 Å². The molecule has 6 nitrogen and oxygen atoms in total. The molecule has 0 radical (unpaired) electrons. The van der Waals surface area contributed by atoms with E-state index in [1.807, 2.05) is 12.1 Å². The predicted octanol–water partition coefficient (Wildman–Crippen LogP) is 2.18. The summed E-state index contributed by atoms with van der Waals surface area (Å²) in [5.74, 6) is 0. The third-order valence-electron chi connectivity index (χ3n) is 2.48. The van der Waals surface area contributed by atoms with Crippen molar-refractivity contribution in [2.24, 2.45) is 0 Å². The molecule has 6 heteroatoms. The number of nitro groups is 1. The molecule has 0 amide bonds. The van der Waals surface area contributed by atoms with E-state index >= 15 is 0 Å². The van der Waals surface area contributed by atoms with Gasteiger partial charge in [-0.15, -0.1) is 0 Å². The van der Waals surface area contributed by atoms with Crippen molar-refractivity contribution in [3.63, 3.8) is 0 Å². The number of anilines is 2. The molecule has 18 heavy (non-hydrogen) atoms. The number of pyridine rings is 1. The summed E-state index contributed by atoms with van der Waals surface area (Å²) in [6, 6.07) is 8.50. The normalized spacial score (nSPS) is 10.0. The van der Waals surface area contributed by atoms with Crippen molar-refractivity contribution in [1.29, 1.82) is 0 Å². The highest BCUT2D eigenvalue weighted by atomic mass is 16.6. The lowest BCUT2D eigenvalue weighted by molar-refractivity contribution is -0.383. The SMILES string of the molecule is Nc1cccc(NCc2ccncc2)c1[N+](=O)[O-]. The van der Waals surface area contributed by atoms with Gasteiger partial charge in [0, 0.05) is 18.9 Å². The van der Waals surface area contributed by atoms with Crippen LogP contribution in [0.5, 0.6) is 0 Å². The van der Waals surface area contributed by atoms with Crippen LogP contribution in [0.15, 0.2) is 42.7 Å². The zero-order chi connectivity index (χ0) is 13.0. The van der Waals surface area contributed by atoms with E-state index in [4.69, 9.17) is 5.73 Å². The van der Waals surface area contributed by atoms with Crippen molar-refractivity contribution in [3.8, 4) is 0 Å². The molecule has 92 valence electrons. The number of nitrogens with one attached hydrogen (secondary N) is 1. The molecule has 0 unspecified atom stereocenters. The second-order valence-corrected chi connectivity index (χ2v) is 3.71. The second kappa shape index (κ2) is 5.13. The van der Waals surface area contributed by atoms with Crippen LogP contribution < -0.4 is 11.1 Å². The van der Waals surface area contributed by atoms with Gasteiger partial charge in [0.05, 0.1) is 4.92 Å². The summed E-state index contributed by atoms with van der Waals surface area (Å²) < 4.78 is 0. The molecular formula is C12H12N4O2. The Kier molecular flexibility index (Phi) is 3.38. The quantitative estimate of drug-likeness (QED) is 0.488. The van der Waals surface area contributed by atoms with E-state index < -0.39 is 4.92 Å². The summed E-state index contributed by atoms with van der Waals surface area (Å²) in [6.07, 6.45) is 3.34. The number of hydrogen-bond donors (Lipinski definition) is 2. The van der Waals surface area contributed by atoms with Crippen LogP contribution in [0.1, 0.15) is 5.56 Å². The average molecular weight is 244 g/mol. The summed E-state index contributed by atoms with van der Waals surface area (Å²) in [6.45, 7) is 0.479. The Hall–Kier alpha value is -2.63. The van der Waals surface area contributed by atoms with Crippen molar-refractivity contribution >= 4 is 17.1 Å². The van der Waals surface area contributed by atoms with Gasteiger partial charge in [-0.25, -0.2) is 0 Å². The molecule has 0 atom stereocenters. The number of nitrogens with two attached hydrogens (primary N) is 1. The number of hydrogen-bond acceptors (Lipinski definition) is 5. The Morgan fingerprint density at radius 3 is 2.67 bits per heavy atom. The molecule has 0 aliphatic carbocycles. The number of para-hydroxylation sites is 1. The van der Waals surface area contributed by atoms with Crippen molar-refractivity contribution in [3.05, 3.63) is 58.4 Å². The molecule has 0 fully saturated rings. The summed E-state index contributed by atoms with van der Waals surface area (Å²) >= 11 is 0.